The van der Waals surface area contributed by atoms with Gasteiger partial charge in [-0.2, -0.15) is 10.4 Å². The van der Waals surface area contributed by atoms with Gasteiger partial charge in [-0.05, 0) is 42.7 Å². The van der Waals surface area contributed by atoms with Gasteiger partial charge in [-0.15, -0.1) is 0 Å². The van der Waals surface area contributed by atoms with E-state index in [0.717, 1.165) is 12.8 Å². The number of anilines is 1. The number of nitriles is 1. The van der Waals surface area contributed by atoms with Crippen LogP contribution in [-0.2, 0) is 11.2 Å². The van der Waals surface area contributed by atoms with E-state index < -0.39 is 11.7 Å². The summed E-state index contributed by atoms with van der Waals surface area (Å²) in [6, 6.07) is 13.5. The van der Waals surface area contributed by atoms with Crippen LogP contribution in [0.2, 0.25) is 0 Å². The monoisotopic (exact) mass is 449 g/mol. The highest BCUT2D eigenvalue weighted by atomic mass is 19.1. The minimum atomic E-state index is -0.575. The second-order valence-corrected chi connectivity index (χ2v) is 7.78. The average Bonchev–Trinajstić information content (AvgIpc) is 3.15. The van der Waals surface area contributed by atoms with Crippen LogP contribution >= 0.6 is 0 Å². The highest BCUT2D eigenvalue weighted by Crippen LogP contribution is 2.33. The third kappa shape index (κ3) is 4.66. The summed E-state index contributed by atoms with van der Waals surface area (Å²) in [7, 11) is 0. The molecule has 3 aromatic rings. The number of nitrogens with zero attached hydrogens (tertiary/aromatic N) is 3. The van der Waals surface area contributed by atoms with Crippen LogP contribution in [0, 0.1) is 17.1 Å². The molecule has 170 valence electrons. The van der Waals surface area contributed by atoms with Crippen molar-refractivity contribution in [2.75, 3.05) is 25.6 Å². The Labute approximate surface area is 190 Å². The summed E-state index contributed by atoms with van der Waals surface area (Å²) in [5.74, 6) is -0.453. The number of hydrogen-bond donors (Lipinski definition) is 2. The van der Waals surface area contributed by atoms with E-state index >= 15 is 4.39 Å². The lowest BCUT2D eigenvalue weighted by atomic mass is 10.0. The van der Waals surface area contributed by atoms with Crippen molar-refractivity contribution < 1.29 is 18.7 Å². The minimum Gasteiger partial charge on any atom is -0.492 e. The molecule has 0 radical (unpaired) electrons. The maximum Gasteiger partial charge on any atom is 0.252 e. The van der Waals surface area contributed by atoms with Crippen LogP contribution in [0.1, 0.15) is 40.4 Å². The number of hydrogen-bond acceptors (Lipinski definition) is 6. The molecule has 1 fully saturated rings. The molecule has 0 spiro atoms. The van der Waals surface area contributed by atoms with Crippen molar-refractivity contribution in [1.82, 2.24) is 9.78 Å². The van der Waals surface area contributed by atoms with Gasteiger partial charge in [-0.1, -0.05) is 18.2 Å². The van der Waals surface area contributed by atoms with E-state index in [0.29, 0.717) is 36.5 Å². The van der Waals surface area contributed by atoms with E-state index in [1.165, 1.54) is 6.07 Å². The summed E-state index contributed by atoms with van der Waals surface area (Å²) in [6.07, 6.45) is 1.88. The number of benzene rings is 2. The van der Waals surface area contributed by atoms with E-state index in [-0.39, 0.29) is 35.3 Å². The van der Waals surface area contributed by atoms with Crippen LogP contribution in [0.3, 0.4) is 0 Å². The van der Waals surface area contributed by atoms with Crippen molar-refractivity contribution in [2.45, 2.75) is 25.3 Å². The van der Waals surface area contributed by atoms with Crippen molar-refractivity contribution in [3.8, 4) is 23.1 Å². The fraction of sp³-hybridized carbons (Fsp3) is 0.292. The van der Waals surface area contributed by atoms with Gasteiger partial charge in [0.25, 0.3) is 5.91 Å². The van der Waals surface area contributed by atoms with E-state index in [4.69, 9.17) is 20.9 Å². The zero-order chi connectivity index (χ0) is 23.4. The van der Waals surface area contributed by atoms with Crippen LogP contribution in [0.4, 0.5) is 10.2 Å². The maximum atomic E-state index is 15.0. The quantitative estimate of drug-likeness (QED) is 0.570. The van der Waals surface area contributed by atoms with Gasteiger partial charge in [0.05, 0.1) is 18.2 Å². The summed E-state index contributed by atoms with van der Waals surface area (Å²) >= 11 is 0. The fourth-order valence-electron chi connectivity index (χ4n) is 3.94. The number of primary amides is 1. The zero-order valence-electron chi connectivity index (χ0n) is 18.0. The molecule has 1 aliphatic rings. The second kappa shape index (κ2) is 9.71. The van der Waals surface area contributed by atoms with Gasteiger partial charge >= 0.3 is 0 Å². The lowest BCUT2D eigenvalue weighted by Crippen LogP contribution is -2.21. The number of rotatable bonds is 7. The Morgan fingerprint density at radius 2 is 2.03 bits per heavy atom. The van der Waals surface area contributed by atoms with Crippen LogP contribution in [0.25, 0.3) is 11.3 Å². The summed E-state index contributed by atoms with van der Waals surface area (Å²) in [5, 5.41) is 14.1. The maximum absolute atomic E-state index is 15.0. The number of halogens is 1. The first-order chi connectivity index (χ1) is 16.0. The SMILES string of the molecule is N#Cc1c(-c2ccc(CCOc3ccccc3C(N)=O)cc2F)nn(C2CCOCC2)c1N. The lowest BCUT2D eigenvalue weighted by molar-refractivity contribution is 0.0669. The third-order valence-corrected chi connectivity index (χ3v) is 5.69. The van der Waals surface area contributed by atoms with Crippen LogP contribution in [0.15, 0.2) is 42.5 Å². The van der Waals surface area contributed by atoms with E-state index in [9.17, 15) is 10.1 Å². The first kappa shape index (κ1) is 22.3. The molecule has 0 saturated carbocycles. The molecule has 2 heterocycles. The highest BCUT2D eigenvalue weighted by Gasteiger charge is 2.25. The van der Waals surface area contributed by atoms with E-state index in [1.54, 1.807) is 41.1 Å². The molecule has 0 atom stereocenters. The van der Waals surface area contributed by atoms with Gasteiger partial charge in [0.15, 0.2) is 0 Å². The number of carbonyl (C=O) groups is 1. The Morgan fingerprint density at radius 3 is 2.73 bits per heavy atom. The Bertz CT molecular complexity index is 1210. The van der Waals surface area contributed by atoms with Gasteiger partial charge in [0, 0.05) is 25.2 Å². The largest absolute Gasteiger partial charge is 0.492 e. The van der Waals surface area contributed by atoms with E-state index in [2.05, 4.69) is 11.2 Å². The molecule has 0 aliphatic carbocycles. The number of aromatic nitrogens is 2. The predicted molar refractivity (Wildman–Crippen MR) is 120 cm³/mol. The molecule has 2 aromatic carbocycles. The fourth-order valence-corrected chi connectivity index (χ4v) is 3.94. The van der Waals surface area contributed by atoms with Crippen molar-refractivity contribution in [1.29, 1.82) is 5.26 Å². The van der Waals surface area contributed by atoms with Gasteiger partial charge in [-0.25, -0.2) is 9.07 Å². The summed E-state index contributed by atoms with van der Waals surface area (Å²) in [6.45, 7) is 1.42. The molecule has 1 aliphatic heterocycles. The van der Waals surface area contributed by atoms with Gasteiger partial charge in [-0.3, -0.25) is 4.79 Å². The minimum absolute atomic E-state index is 0.0161. The number of para-hydroxylation sites is 1. The van der Waals surface area contributed by atoms with Gasteiger partial charge < -0.3 is 20.9 Å². The molecule has 33 heavy (non-hydrogen) atoms. The molecular weight excluding hydrogens is 425 g/mol. The standard InChI is InChI=1S/C24H24FN5O3/c25-20-13-15(7-12-33-21-4-2-1-3-18(21)24(28)31)5-6-17(20)22-19(14-26)23(27)30(29-22)16-8-10-32-11-9-16/h1-6,13,16H,7-12,27H2,(H2,28,31). The Hall–Kier alpha value is -3.90. The number of carbonyl (C=O) groups excluding carboxylic acids is 1. The Morgan fingerprint density at radius 1 is 1.27 bits per heavy atom. The highest BCUT2D eigenvalue weighted by molar-refractivity contribution is 5.95. The Balaban J connectivity index is 1.51. The molecule has 1 aromatic heterocycles. The smallest absolute Gasteiger partial charge is 0.252 e. The second-order valence-electron chi connectivity index (χ2n) is 7.78. The van der Waals surface area contributed by atoms with Crippen LogP contribution in [0.5, 0.6) is 5.75 Å². The van der Waals surface area contributed by atoms with Crippen molar-refractivity contribution >= 4 is 11.7 Å². The molecule has 0 unspecified atom stereocenters. The van der Waals surface area contributed by atoms with Gasteiger partial charge in [0.1, 0.15) is 34.7 Å². The third-order valence-electron chi connectivity index (χ3n) is 5.69. The first-order valence-electron chi connectivity index (χ1n) is 10.7. The van der Waals surface area contributed by atoms with E-state index in [1.807, 2.05) is 0 Å². The molecule has 9 heteroatoms. The first-order valence-corrected chi connectivity index (χ1v) is 10.7. The van der Waals surface area contributed by atoms with Crippen molar-refractivity contribution in [2.24, 2.45) is 5.73 Å². The topological polar surface area (TPSA) is 129 Å². The van der Waals surface area contributed by atoms with Crippen molar-refractivity contribution in [3.05, 3.63) is 65.0 Å². The molecule has 1 amide bonds. The molecule has 1 saturated heterocycles. The molecular formula is C24H24FN5O3. The lowest BCUT2D eigenvalue weighted by Gasteiger charge is -2.23. The zero-order valence-corrected chi connectivity index (χ0v) is 18.0. The molecule has 0 bridgehead atoms. The van der Waals surface area contributed by atoms with Gasteiger partial charge in [0.2, 0.25) is 0 Å². The predicted octanol–water partition coefficient (Wildman–Crippen LogP) is 3.21. The van der Waals surface area contributed by atoms with Crippen LogP contribution in [-0.4, -0.2) is 35.5 Å². The number of ether oxygens (including phenoxy) is 2. The van der Waals surface area contributed by atoms with Crippen molar-refractivity contribution in [3.63, 3.8) is 0 Å². The molecule has 8 nitrogen and oxygen atoms in total. The number of nitrogens with two attached hydrogens (primary N) is 2. The Kier molecular flexibility index (Phi) is 6.56. The molecule has 4 rings (SSSR count). The summed E-state index contributed by atoms with van der Waals surface area (Å²) in [5.41, 5.74) is 13.1. The number of amides is 1. The normalized spacial score (nSPS) is 14.1. The summed E-state index contributed by atoms with van der Waals surface area (Å²) in [4.78, 5) is 11.5. The summed E-state index contributed by atoms with van der Waals surface area (Å²) < 4.78 is 27.7. The van der Waals surface area contributed by atoms with Crippen LogP contribution < -0.4 is 16.2 Å². The molecule has 4 N–H and O–H groups in total. The average molecular weight is 449 g/mol. The number of nitrogen functional groups attached to an aromatic ring is 1.